The maximum atomic E-state index is 11.2. The summed E-state index contributed by atoms with van der Waals surface area (Å²) in [7, 11) is 1.36. The second-order valence-corrected chi connectivity index (χ2v) is 4.53. The van der Waals surface area contributed by atoms with E-state index >= 15 is 0 Å². The van der Waals surface area contributed by atoms with Crippen molar-refractivity contribution in [1.82, 2.24) is 0 Å². The van der Waals surface area contributed by atoms with E-state index in [0.717, 1.165) is 16.9 Å². The number of aryl methyl sites for hydroxylation is 1. The van der Waals surface area contributed by atoms with Crippen LogP contribution in [0.3, 0.4) is 0 Å². The van der Waals surface area contributed by atoms with Gasteiger partial charge in [0.1, 0.15) is 12.4 Å². The van der Waals surface area contributed by atoms with Crippen molar-refractivity contribution in [2.75, 3.05) is 13.7 Å². The van der Waals surface area contributed by atoms with Crippen molar-refractivity contribution in [3.8, 4) is 5.75 Å². The highest BCUT2D eigenvalue weighted by molar-refractivity contribution is 5.72. The fourth-order valence-electron chi connectivity index (χ4n) is 2.19. The van der Waals surface area contributed by atoms with Gasteiger partial charge in [0.15, 0.2) is 0 Å². The summed E-state index contributed by atoms with van der Waals surface area (Å²) in [6.07, 6.45) is 1.29. The second-order valence-electron chi connectivity index (χ2n) is 4.53. The third-order valence-electron chi connectivity index (χ3n) is 3.25. The van der Waals surface area contributed by atoms with Gasteiger partial charge in [-0.1, -0.05) is 18.2 Å². The number of para-hydroxylation sites is 1. The molecule has 0 saturated heterocycles. The Morgan fingerprint density at radius 1 is 1.47 bits per heavy atom. The number of aliphatic carboxylic acids is 1. The molecule has 1 unspecified atom stereocenters. The van der Waals surface area contributed by atoms with Crippen LogP contribution in [0.1, 0.15) is 17.5 Å². The van der Waals surface area contributed by atoms with Gasteiger partial charge in [-0.15, -0.1) is 0 Å². The molecule has 0 aliphatic carbocycles. The fraction of sp³-hybridized carbons (Fsp3) is 0.429. The molecule has 0 saturated carbocycles. The number of benzene rings is 1. The van der Waals surface area contributed by atoms with Gasteiger partial charge in [0.25, 0.3) is 0 Å². The lowest BCUT2D eigenvalue weighted by Crippen LogP contribution is -2.28. The van der Waals surface area contributed by atoms with Gasteiger partial charge in [0.2, 0.25) is 0 Å². The number of fused-ring (bicyclic) bond motifs is 1. The predicted molar refractivity (Wildman–Crippen MR) is 67.1 cm³/mol. The highest BCUT2D eigenvalue weighted by Gasteiger charge is 2.26. The lowest BCUT2D eigenvalue weighted by atomic mass is 9.94. The van der Waals surface area contributed by atoms with Crippen molar-refractivity contribution in [2.45, 2.75) is 19.3 Å². The zero-order valence-corrected chi connectivity index (χ0v) is 10.7. The molecule has 0 fully saturated rings. The Labute approximate surface area is 111 Å². The first-order valence-corrected chi connectivity index (χ1v) is 6.15. The zero-order valence-electron chi connectivity index (χ0n) is 10.7. The van der Waals surface area contributed by atoms with Crippen LogP contribution in [0.5, 0.6) is 5.75 Å². The molecule has 102 valence electrons. The maximum absolute atomic E-state index is 11.2. The van der Waals surface area contributed by atoms with Gasteiger partial charge in [0, 0.05) is 6.42 Å². The van der Waals surface area contributed by atoms with Crippen LogP contribution in [-0.2, 0) is 27.2 Å². The molecule has 1 N–H and O–H groups in total. The van der Waals surface area contributed by atoms with Crippen LogP contribution >= 0.6 is 0 Å². The lowest BCUT2D eigenvalue weighted by Gasteiger charge is -2.24. The number of hydrogen-bond donors (Lipinski definition) is 1. The third-order valence-corrected chi connectivity index (χ3v) is 3.25. The number of esters is 1. The number of rotatable bonds is 4. The van der Waals surface area contributed by atoms with E-state index in [1.165, 1.54) is 7.11 Å². The van der Waals surface area contributed by atoms with Crippen molar-refractivity contribution in [1.29, 1.82) is 0 Å². The van der Waals surface area contributed by atoms with Crippen molar-refractivity contribution in [3.05, 3.63) is 29.3 Å². The topological polar surface area (TPSA) is 72.8 Å². The fourth-order valence-corrected chi connectivity index (χ4v) is 2.19. The van der Waals surface area contributed by atoms with E-state index in [4.69, 9.17) is 9.84 Å². The molecule has 19 heavy (non-hydrogen) atoms. The van der Waals surface area contributed by atoms with Crippen LogP contribution in [0.4, 0.5) is 0 Å². The minimum Gasteiger partial charge on any atom is -0.492 e. The Morgan fingerprint density at radius 3 is 2.95 bits per heavy atom. The molecule has 1 aliphatic rings. The minimum absolute atomic E-state index is 0.178. The van der Waals surface area contributed by atoms with Crippen molar-refractivity contribution in [2.24, 2.45) is 5.92 Å². The predicted octanol–water partition coefficient (Wildman–Crippen LogP) is 1.43. The van der Waals surface area contributed by atoms with Gasteiger partial charge < -0.3 is 14.6 Å². The van der Waals surface area contributed by atoms with Gasteiger partial charge in [-0.2, -0.15) is 0 Å². The summed E-state index contributed by atoms with van der Waals surface area (Å²) in [4.78, 5) is 22.1. The third kappa shape index (κ3) is 3.05. The lowest BCUT2D eigenvalue weighted by molar-refractivity contribution is -0.143. The first-order valence-electron chi connectivity index (χ1n) is 6.15. The Morgan fingerprint density at radius 2 is 2.26 bits per heavy atom. The summed E-state index contributed by atoms with van der Waals surface area (Å²) in [6, 6.07) is 5.62. The Hall–Kier alpha value is -2.04. The minimum atomic E-state index is -0.842. The van der Waals surface area contributed by atoms with Crippen molar-refractivity contribution < 1.29 is 24.2 Å². The van der Waals surface area contributed by atoms with E-state index < -0.39 is 11.9 Å². The van der Waals surface area contributed by atoms with Crippen LogP contribution in [0, 0.1) is 5.92 Å². The van der Waals surface area contributed by atoms with Gasteiger partial charge in [-0.05, 0) is 24.0 Å². The van der Waals surface area contributed by atoms with Crippen LogP contribution in [0.25, 0.3) is 0 Å². The molecule has 0 amide bonds. The van der Waals surface area contributed by atoms with Crippen LogP contribution in [0.2, 0.25) is 0 Å². The van der Waals surface area contributed by atoms with Gasteiger partial charge in [-0.25, -0.2) is 0 Å². The van der Waals surface area contributed by atoms with E-state index in [2.05, 4.69) is 4.74 Å². The van der Waals surface area contributed by atoms with Crippen LogP contribution < -0.4 is 4.74 Å². The molecule has 0 spiro atoms. The monoisotopic (exact) mass is 264 g/mol. The smallest absolute Gasteiger partial charge is 0.310 e. The molecule has 5 heteroatoms. The number of ether oxygens (including phenoxy) is 2. The van der Waals surface area contributed by atoms with Crippen LogP contribution in [-0.4, -0.2) is 30.8 Å². The standard InChI is InChI=1S/C14H16O5/c1-18-12(15)6-5-9-3-2-4-10-7-11(14(16)17)8-19-13(9)10/h2-4,11H,5-8H2,1H3,(H,16,17). The number of carboxylic acids is 1. The number of carbonyl (C=O) groups excluding carboxylic acids is 1. The molecule has 5 nitrogen and oxygen atoms in total. The van der Waals surface area contributed by atoms with Gasteiger partial charge in [0.05, 0.1) is 13.0 Å². The largest absolute Gasteiger partial charge is 0.492 e. The normalized spacial score (nSPS) is 17.2. The van der Waals surface area contributed by atoms with E-state index in [1.54, 1.807) is 0 Å². The Bertz CT molecular complexity index is 495. The summed E-state index contributed by atoms with van der Waals surface area (Å²) in [5.41, 5.74) is 1.81. The van der Waals surface area contributed by atoms with E-state index in [9.17, 15) is 9.59 Å². The molecule has 1 aliphatic heterocycles. The average molecular weight is 264 g/mol. The summed E-state index contributed by atoms with van der Waals surface area (Å²) >= 11 is 0. The summed E-state index contributed by atoms with van der Waals surface area (Å²) in [6.45, 7) is 0.178. The SMILES string of the molecule is COC(=O)CCc1cccc2c1OCC(C(=O)O)C2. The molecule has 1 aromatic rings. The maximum Gasteiger partial charge on any atom is 0.310 e. The van der Waals surface area contributed by atoms with E-state index in [-0.39, 0.29) is 12.6 Å². The number of hydrogen-bond acceptors (Lipinski definition) is 4. The molecule has 0 radical (unpaired) electrons. The highest BCUT2D eigenvalue weighted by Crippen LogP contribution is 2.31. The highest BCUT2D eigenvalue weighted by atomic mass is 16.5. The van der Waals surface area contributed by atoms with E-state index in [1.807, 2.05) is 18.2 Å². The Balaban J connectivity index is 2.14. The van der Waals surface area contributed by atoms with E-state index in [0.29, 0.717) is 19.3 Å². The van der Waals surface area contributed by atoms with Crippen LogP contribution in [0.15, 0.2) is 18.2 Å². The van der Waals surface area contributed by atoms with Gasteiger partial charge in [-0.3, -0.25) is 9.59 Å². The molecule has 1 heterocycles. The van der Waals surface area contributed by atoms with Crippen molar-refractivity contribution in [3.63, 3.8) is 0 Å². The molecule has 1 aromatic carbocycles. The quantitative estimate of drug-likeness (QED) is 0.833. The summed E-state index contributed by atoms with van der Waals surface area (Å²) < 4.78 is 10.2. The molecule has 1 atom stereocenters. The zero-order chi connectivity index (χ0) is 13.8. The van der Waals surface area contributed by atoms with Crippen molar-refractivity contribution >= 4 is 11.9 Å². The number of carbonyl (C=O) groups is 2. The Kier molecular flexibility index (Phi) is 4.04. The summed E-state index contributed by atoms with van der Waals surface area (Å²) in [5, 5.41) is 9.00. The first-order chi connectivity index (χ1) is 9.11. The number of methoxy groups -OCH3 is 1. The molecular formula is C14H16O5. The number of carboxylic acid groups (broad SMARTS) is 1. The molecule has 2 rings (SSSR count). The summed E-state index contributed by atoms with van der Waals surface area (Å²) in [5.74, 6) is -0.880. The molecular weight excluding hydrogens is 248 g/mol. The van der Waals surface area contributed by atoms with Gasteiger partial charge >= 0.3 is 11.9 Å². The second kappa shape index (κ2) is 5.73. The average Bonchev–Trinajstić information content (AvgIpc) is 2.43. The molecule has 0 aromatic heterocycles. The molecule has 0 bridgehead atoms. The first kappa shape index (κ1) is 13.4.